The van der Waals surface area contributed by atoms with Gasteiger partial charge in [-0.2, -0.15) is 0 Å². The minimum atomic E-state index is -0.0866. The Kier molecular flexibility index (Phi) is 5.76. The van der Waals surface area contributed by atoms with Crippen LogP contribution < -0.4 is 10.1 Å². The first kappa shape index (κ1) is 17.5. The number of nitrogens with zero attached hydrogens (tertiary/aromatic N) is 1. The van der Waals surface area contributed by atoms with E-state index >= 15 is 0 Å². The molecule has 0 spiro atoms. The average molecular weight is 354 g/mol. The van der Waals surface area contributed by atoms with Crippen molar-refractivity contribution < 1.29 is 9.53 Å². The zero-order valence-corrected chi connectivity index (χ0v) is 15.1. The van der Waals surface area contributed by atoms with Gasteiger partial charge in [-0.25, -0.2) is 0 Å². The molecule has 1 aromatic carbocycles. The van der Waals surface area contributed by atoms with Crippen molar-refractivity contribution >= 4 is 17.7 Å². The fourth-order valence-corrected chi connectivity index (χ4v) is 3.57. The molecule has 1 N–H and O–H groups in total. The van der Waals surface area contributed by atoms with Gasteiger partial charge in [-0.1, -0.05) is 43.5 Å². The number of aromatic nitrogens is 1. The first-order chi connectivity index (χ1) is 12.1. The molecule has 3 rings (SSSR count). The van der Waals surface area contributed by atoms with Crippen LogP contribution in [0.1, 0.15) is 23.7 Å². The third-order valence-corrected chi connectivity index (χ3v) is 5.16. The van der Waals surface area contributed by atoms with Crippen LogP contribution in [0.3, 0.4) is 0 Å². The van der Waals surface area contributed by atoms with Gasteiger partial charge in [0.15, 0.2) is 0 Å². The monoisotopic (exact) mass is 354 g/mol. The predicted molar refractivity (Wildman–Crippen MR) is 102 cm³/mol. The lowest BCUT2D eigenvalue weighted by Gasteiger charge is -2.09. The van der Waals surface area contributed by atoms with E-state index < -0.39 is 0 Å². The molecule has 4 nitrogen and oxygen atoms in total. The Labute approximate surface area is 152 Å². The maximum absolute atomic E-state index is 11.7. The van der Waals surface area contributed by atoms with Gasteiger partial charge in [0.1, 0.15) is 5.75 Å². The van der Waals surface area contributed by atoms with E-state index in [-0.39, 0.29) is 11.2 Å². The van der Waals surface area contributed by atoms with E-state index in [1.165, 1.54) is 17.3 Å². The second-order valence-corrected chi connectivity index (χ2v) is 7.27. The van der Waals surface area contributed by atoms with E-state index in [0.717, 1.165) is 34.9 Å². The largest absolute Gasteiger partial charge is 0.493 e. The number of hydrogen-bond acceptors (Lipinski definition) is 4. The third kappa shape index (κ3) is 4.86. The molecule has 1 amide bonds. The summed E-state index contributed by atoms with van der Waals surface area (Å²) in [5, 5.41) is 3.39. The highest BCUT2D eigenvalue weighted by Gasteiger charge is 2.27. The molecule has 1 saturated heterocycles. The van der Waals surface area contributed by atoms with Crippen LogP contribution in [0.4, 0.5) is 0 Å². The van der Waals surface area contributed by atoms with Gasteiger partial charge in [-0.15, -0.1) is 0 Å². The Bertz CT molecular complexity index is 741. The van der Waals surface area contributed by atoms with Crippen LogP contribution in [0.25, 0.3) is 0 Å². The van der Waals surface area contributed by atoms with Crippen molar-refractivity contribution in [1.82, 2.24) is 10.3 Å². The standard InChI is InChI=1S/C20H22N2O2S/c1-3-15-4-7-17(21-13-15)10-11-24-18-8-5-16(6-9-18)12-19-20(23)22-14(2)25-19/h4-9,13,19H,2-3,10-12H2,1H3,(H,22,23)/t19-/m1/s1. The molecule has 2 heterocycles. The second kappa shape index (κ2) is 8.21. The molecule has 2 aromatic rings. The zero-order valence-electron chi connectivity index (χ0n) is 14.3. The number of rotatable bonds is 7. The quantitative estimate of drug-likeness (QED) is 0.827. The highest BCUT2D eigenvalue weighted by Crippen LogP contribution is 2.28. The van der Waals surface area contributed by atoms with Crippen molar-refractivity contribution in [2.24, 2.45) is 0 Å². The van der Waals surface area contributed by atoms with Gasteiger partial charge in [0.05, 0.1) is 16.9 Å². The van der Waals surface area contributed by atoms with E-state index in [1.54, 1.807) is 0 Å². The smallest absolute Gasteiger partial charge is 0.238 e. The molecule has 0 aliphatic carbocycles. The second-order valence-electron chi connectivity index (χ2n) is 5.98. The van der Waals surface area contributed by atoms with Gasteiger partial charge in [0, 0.05) is 18.3 Å². The van der Waals surface area contributed by atoms with E-state index in [0.29, 0.717) is 13.0 Å². The number of benzene rings is 1. The zero-order chi connectivity index (χ0) is 17.6. The number of amides is 1. The van der Waals surface area contributed by atoms with Crippen LogP contribution in [-0.2, 0) is 24.1 Å². The first-order valence-corrected chi connectivity index (χ1v) is 9.34. The summed E-state index contributed by atoms with van der Waals surface area (Å²) in [6, 6.07) is 12.1. The molecule has 1 aromatic heterocycles. The van der Waals surface area contributed by atoms with E-state index in [4.69, 9.17) is 4.74 Å². The Hall–Kier alpha value is -2.27. The fourth-order valence-electron chi connectivity index (χ4n) is 2.63. The topological polar surface area (TPSA) is 51.2 Å². The maximum atomic E-state index is 11.7. The van der Waals surface area contributed by atoms with E-state index in [9.17, 15) is 4.79 Å². The lowest BCUT2D eigenvalue weighted by molar-refractivity contribution is -0.119. The Morgan fingerprint density at radius 3 is 2.56 bits per heavy atom. The predicted octanol–water partition coefficient (Wildman–Crippen LogP) is 3.51. The summed E-state index contributed by atoms with van der Waals surface area (Å²) in [7, 11) is 0. The van der Waals surface area contributed by atoms with Crippen LogP contribution in [0, 0.1) is 0 Å². The fraction of sp³-hybridized carbons (Fsp3) is 0.300. The number of aryl methyl sites for hydroxylation is 1. The molecule has 0 radical (unpaired) electrons. The van der Waals surface area contributed by atoms with Gasteiger partial charge < -0.3 is 10.1 Å². The Morgan fingerprint density at radius 2 is 1.96 bits per heavy atom. The van der Waals surface area contributed by atoms with Crippen molar-refractivity contribution in [3.05, 3.63) is 71.0 Å². The Balaban J connectivity index is 1.47. The molecule has 0 saturated carbocycles. The number of carbonyl (C=O) groups is 1. The highest BCUT2D eigenvalue weighted by atomic mass is 32.2. The molecule has 25 heavy (non-hydrogen) atoms. The molecule has 0 bridgehead atoms. The van der Waals surface area contributed by atoms with Crippen molar-refractivity contribution in [3.63, 3.8) is 0 Å². The van der Waals surface area contributed by atoms with Crippen molar-refractivity contribution in [1.29, 1.82) is 0 Å². The van der Waals surface area contributed by atoms with Crippen LogP contribution in [0.5, 0.6) is 5.75 Å². The third-order valence-electron chi connectivity index (χ3n) is 4.11. The normalized spacial score (nSPS) is 16.8. The molecular formula is C20H22N2O2S. The molecule has 0 unspecified atom stereocenters. The number of pyridine rings is 1. The number of ether oxygens (including phenoxy) is 1. The molecule has 1 aliphatic heterocycles. The first-order valence-electron chi connectivity index (χ1n) is 8.46. The lowest BCUT2D eigenvalue weighted by atomic mass is 10.1. The summed E-state index contributed by atoms with van der Waals surface area (Å²) in [6.45, 7) is 6.50. The Morgan fingerprint density at radius 1 is 1.20 bits per heavy atom. The van der Waals surface area contributed by atoms with Crippen LogP contribution in [-0.4, -0.2) is 22.7 Å². The summed E-state index contributed by atoms with van der Waals surface area (Å²) in [5.41, 5.74) is 3.41. The van der Waals surface area contributed by atoms with Crippen LogP contribution >= 0.6 is 11.8 Å². The molecule has 130 valence electrons. The van der Waals surface area contributed by atoms with Gasteiger partial charge in [0.2, 0.25) is 5.91 Å². The summed E-state index contributed by atoms with van der Waals surface area (Å²) in [6.07, 6.45) is 4.41. The van der Waals surface area contributed by atoms with E-state index in [1.807, 2.05) is 30.5 Å². The average Bonchev–Trinajstić information content (AvgIpc) is 2.94. The van der Waals surface area contributed by atoms with Gasteiger partial charge in [0.25, 0.3) is 0 Å². The van der Waals surface area contributed by atoms with E-state index in [2.05, 4.69) is 35.9 Å². The molecule has 1 aliphatic rings. The summed E-state index contributed by atoms with van der Waals surface area (Å²) >= 11 is 1.49. The number of nitrogens with one attached hydrogen (secondary N) is 1. The number of hydrogen-bond donors (Lipinski definition) is 1. The van der Waals surface area contributed by atoms with Gasteiger partial charge in [-0.05, 0) is 42.2 Å². The molecule has 5 heteroatoms. The molecule has 1 fully saturated rings. The lowest BCUT2D eigenvalue weighted by Crippen LogP contribution is -2.23. The minimum absolute atomic E-state index is 0.0388. The maximum Gasteiger partial charge on any atom is 0.238 e. The molecule has 1 atom stereocenters. The van der Waals surface area contributed by atoms with Crippen molar-refractivity contribution in [2.45, 2.75) is 31.4 Å². The van der Waals surface area contributed by atoms with Gasteiger partial charge >= 0.3 is 0 Å². The SMILES string of the molecule is C=C1NC(=O)[C@@H](Cc2ccc(OCCc3ccc(CC)cn3)cc2)S1. The van der Waals surface area contributed by atoms with Gasteiger partial charge in [-0.3, -0.25) is 9.78 Å². The van der Waals surface area contributed by atoms with Crippen molar-refractivity contribution in [3.8, 4) is 5.75 Å². The number of carbonyl (C=O) groups excluding carboxylic acids is 1. The molecular weight excluding hydrogens is 332 g/mol. The summed E-state index contributed by atoms with van der Waals surface area (Å²) in [4.78, 5) is 16.2. The van der Waals surface area contributed by atoms with Crippen LogP contribution in [0.15, 0.2) is 54.2 Å². The summed E-state index contributed by atoms with van der Waals surface area (Å²) in [5.74, 6) is 0.874. The highest BCUT2D eigenvalue weighted by molar-refractivity contribution is 8.04. The van der Waals surface area contributed by atoms with Crippen LogP contribution in [0.2, 0.25) is 0 Å². The van der Waals surface area contributed by atoms with Crippen molar-refractivity contribution in [2.75, 3.05) is 6.61 Å². The summed E-state index contributed by atoms with van der Waals surface area (Å²) < 4.78 is 5.79. The minimum Gasteiger partial charge on any atom is -0.493 e. The number of thioether (sulfide) groups is 1.